The number of carbonyl (C=O) groups is 2. The Morgan fingerprint density at radius 3 is 2.43 bits per heavy atom. The van der Waals surface area contributed by atoms with E-state index >= 15 is 0 Å². The first-order valence-electron chi connectivity index (χ1n) is 9.02. The van der Waals surface area contributed by atoms with Crippen LogP contribution >= 0.6 is 27.3 Å². The van der Waals surface area contributed by atoms with E-state index in [0.29, 0.717) is 16.4 Å². The Balaban J connectivity index is 1.35. The number of furan rings is 1. The quantitative estimate of drug-likeness (QED) is 0.375. The van der Waals surface area contributed by atoms with Crippen molar-refractivity contribution in [3.05, 3.63) is 99.4 Å². The van der Waals surface area contributed by atoms with Crippen LogP contribution in [0.3, 0.4) is 0 Å². The molecule has 0 unspecified atom stereocenters. The van der Waals surface area contributed by atoms with Crippen LogP contribution in [-0.4, -0.2) is 16.8 Å². The molecule has 0 atom stereocenters. The zero-order chi connectivity index (χ0) is 20.9. The molecule has 30 heavy (non-hydrogen) atoms. The minimum absolute atomic E-state index is 0.222. The normalized spacial score (nSPS) is 10.6. The fourth-order valence-electron chi connectivity index (χ4n) is 2.73. The van der Waals surface area contributed by atoms with Gasteiger partial charge in [-0.2, -0.15) is 0 Å². The molecule has 2 N–H and O–H groups in total. The van der Waals surface area contributed by atoms with E-state index < -0.39 is 0 Å². The first-order valence-corrected chi connectivity index (χ1v) is 10.6. The smallest absolute Gasteiger partial charge is 0.291 e. The summed E-state index contributed by atoms with van der Waals surface area (Å²) in [5.41, 5.74) is 2.21. The molecule has 2 aromatic heterocycles. The molecule has 2 aromatic carbocycles. The van der Waals surface area contributed by atoms with E-state index in [9.17, 15) is 9.59 Å². The van der Waals surface area contributed by atoms with Crippen molar-refractivity contribution in [1.29, 1.82) is 0 Å². The van der Waals surface area contributed by atoms with Crippen LogP contribution in [0.5, 0.6) is 0 Å². The summed E-state index contributed by atoms with van der Waals surface area (Å²) in [5.74, 6) is -0.388. The molecule has 0 fully saturated rings. The van der Waals surface area contributed by atoms with Crippen molar-refractivity contribution in [2.24, 2.45) is 0 Å². The highest BCUT2D eigenvalue weighted by Crippen LogP contribution is 2.23. The lowest BCUT2D eigenvalue weighted by Gasteiger charge is -2.05. The van der Waals surface area contributed by atoms with Gasteiger partial charge in [-0.15, -0.1) is 11.3 Å². The number of aromatic nitrogens is 1. The number of rotatable bonds is 6. The van der Waals surface area contributed by atoms with Crippen LogP contribution in [0.1, 0.15) is 31.4 Å². The molecule has 0 spiro atoms. The van der Waals surface area contributed by atoms with Crippen LogP contribution in [0.2, 0.25) is 0 Å². The minimum atomic E-state index is -0.349. The van der Waals surface area contributed by atoms with Crippen molar-refractivity contribution in [3.8, 4) is 0 Å². The van der Waals surface area contributed by atoms with Crippen molar-refractivity contribution >= 4 is 49.9 Å². The molecule has 0 aliphatic carbocycles. The van der Waals surface area contributed by atoms with Crippen LogP contribution in [-0.2, 0) is 6.42 Å². The molecule has 150 valence electrons. The topological polar surface area (TPSA) is 84.2 Å². The van der Waals surface area contributed by atoms with Crippen molar-refractivity contribution in [1.82, 2.24) is 4.98 Å². The number of hydrogen-bond acceptors (Lipinski definition) is 5. The SMILES string of the molecule is O=C(Nc1ncc(Cc2ccc(Br)cc2)s1)c1ccc(NC(=O)c2ccco2)cc1. The van der Waals surface area contributed by atoms with Crippen LogP contribution in [0.15, 0.2) is 82.0 Å². The highest BCUT2D eigenvalue weighted by atomic mass is 79.9. The van der Waals surface area contributed by atoms with Gasteiger partial charge in [0.25, 0.3) is 11.8 Å². The van der Waals surface area contributed by atoms with Gasteiger partial charge >= 0.3 is 0 Å². The van der Waals surface area contributed by atoms with Gasteiger partial charge in [-0.3, -0.25) is 14.9 Å². The van der Waals surface area contributed by atoms with E-state index in [-0.39, 0.29) is 17.6 Å². The molecule has 2 amide bonds. The van der Waals surface area contributed by atoms with Crippen LogP contribution in [0.4, 0.5) is 10.8 Å². The Labute approximate surface area is 185 Å². The molecule has 0 aliphatic heterocycles. The Morgan fingerprint density at radius 1 is 0.967 bits per heavy atom. The number of halogens is 1. The monoisotopic (exact) mass is 481 g/mol. The summed E-state index contributed by atoms with van der Waals surface area (Å²) in [5, 5.41) is 6.07. The zero-order valence-corrected chi connectivity index (χ0v) is 18.0. The van der Waals surface area contributed by atoms with E-state index in [2.05, 4.69) is 31.5 Å². The molecule has 2 heterocycles. The summed E-state index contributed by atoms with van der Waals surface area (Å²) in [4.78, 5) is 29.8. The Hall–Kier alpha value is -3.23. The van der Waals surface area contributed by atoms with Gasteiger partial charge in [-0.1, -0.05) is 28.1 Å². The second-order valence-corrected chi connectivity index (χ2v) is 8.43. The van der Waals surface area contributed by atoms with Crippen LogP contribution in [0, 0.1) is 0 Å². The zero-order valence-electron chi connectivity index (χ0n) is 15.6. The van der Waals surface area contributed by atoms with Gasteiger partial charge in [0.05, 0.1) is 6.26 Å². The van der Waals surface area contributed by atoms with Crippen molar-refractivity contribution < 1.29 is 14.0 Å². The molecule has 0 aliphatic rings. The van der Waals surface area contributed by atoms with E-state index in [0.717, 1.165) is 15.8 Å². The molecule has 8 heteroatoms. The predicted molar refractivity (Wildman–Crippen MR) is 120 cm³/mol. The van der Waals surface area contributed by atoms with Gasteiger partial charge in [0.1, 0.15) is 0 Å². The summed E-state index contributed by atoms with van der Waals surface area (Å²) in [6.45, 7) is 0. The van der Waals surface area contributed by atoms with Gasteiger partial charge in [0.2, 0.25) is 0 Å². The predicted octanol–water partition coefficient (Wildman–Crippen LogP) is 5.59. The van der Waals surface area contributed by atoms with E-state index in [1.165, 1.54) is 23.2 Å². The maximum Gasteiger partial charge on any atom is 0.291 e. The van der Waals surface area contributed by atoms with Gasteiger partial charge in [-0.25, -0.2) is 4.98 Å². The molecule has 0 saturated heterocycles. The number of amides is 2. The third-order valence-corrected chi connectivity index (χ3v) is 5.66. The van der Waals surface area contributed by atoms with Gasteiger partial charge in [0.15, 0.2) is 10.9 Å². The number of thiazole rings is 1. The lowest BCUT2D eigenvalue weighted by atomic mass is 10.1. The van der Waals surface area contributed by atoms with Crippen molar-refractivity contribution in [3.63, 3.8) is 0 Å². The van der Waals surface area contributed by atoms with Gasteiger partial charge in [-0.05, 0) is 54.1 Å². The number of benzene rings is 2. The van der Waals surface area contributed by atoms with E-state index in [1.807, 2.05) is 24.3 Å². The number of nitrogens with one attached hydrogen (secondary N) is 2. The average molecular weight is 482 g/mol. The highest BCUT2D eigenvalue weighted by Gasteiger charge is 2.12. The maximum atomic E-state index is 12.5. The average Bonchev–Trinajstić information content (AvgIpc) is 3.43. The number of hydrogen-bond donors (Lipinski definition) is 2. The molecule has 6 nitrogen and oxygen atoms in total. The van der Waals surface area contributed by atoms with Crippen molar-refractivity contribution in [2.75, 3.05) is 10.6 Å². The third kappa shape index (κ3) is 5.03. The lowest BCUT2D eigenvalue weighted by Crippen LogP contribution is -2.13. The van der Waals surface area contributed by atoms with Crippen molar-refractivity contribution in [2.45, 2.75) is 6.42 Å². The summed E-state index contributed by atoms with van der Waals surface area (Å²) >= 11 is 4.87. The number of anilines is 2. The Morgan fingerprint density at radius 2 is 1.73 bits per heavy atom. The molecule has 4 aromatic rings. The highest BCUT2D eigenvalue weighted by molar-refractivity contribution is 9.10. The fraction of sp³-hybridized carbons (Fsp3) is 0.0455. The van der Waals surface area contributed by atoms with Crippen LogP contribution < -0.4 is 10.6 Å². The summed E-state index contributed by atoms with van der Waals surface area (Å²) < 4.78 is 6.09. The van der Waals surface area contributed by atoms with Gasteiger partial charge < -0.3 is 9.73 Å². The lowest BCUT2D eigenvalue weighted by molar-refractivity contribution is 0.0995. The van der Waals surface area contributed by atoms with Gasteiger partial charge in [0, 0.05) is 33.2 Å². The third-order valence-electron chi connectivity index (χ3n) is 4.22. The standard InChI is InChI=1S/C22H16BrN3O3S/c23-16-7-3-14(4-8-16)12-18-13-24-22(30-18)26-20(27)15-5-9-17(10-6-15)25-21(28)19-2-1-11-29-19/h1-11,13H,12H2,(H,25,28)(H,24,26,27). The number of nitrogens with zero attached hydrogens (tertiary/aromatic N) is 1. The first kappa shape index (κ1) is 20.1. The summed E-state index contributed by atoms with van der Waals surface area (Å²) in [7, 11) is 0. The summed E-state index contributed by atoms with van der Waals surface area (Å²) in [6.07, 6.45) is 3.96. The minimum Gasteiger partial charge on any atom is -0.459 e. The molecule has 0 saturated carbocycles. The largest absolute Gasteiger partial charge is 0.459 e. The first-order chi connectivity index (χ1) is 14.6. The number of carbonyl (C=O) groups excluding carboxylic acids is 2. The molecular weight excluding hydrogens is 466 g/mol. The maximum absolute atomic E-state index is 12.5. The Bertz CT molecular complexity index is 1150. The Kier molecular flexibility index (Phi) is 6.06. The summed E-state index contributed by atoms with van der Waals surface area (Å²) in [6, 6.07) is 17.9. The molecule has 0 bridgehead atoms. The molecular formula is C22H16BrN3O3S. The van der Waals surface area contributed by atoms with E-state index in [4.69, 9.17) is 4.42 Å². The fourth-order valence-corrected chi connectivity index (χ4v) is 3.83. The second kappa shape index (κ2) is 9.06. The molecule has 4 rings (SSSR count). The van der Waals surface area contributed by atoms with E-state index in [1.54, 1.807) is 42.6 Å². The van der Waals surface area contributed by atoms with Crippen LogP contribution in [0.25, 0.3) is 0 Å². The second-order valence-electron chi connectivity index (χ2n) is 6.40. The molecule has 0 radical (unpaired) electrons.